The second kappa shape index (κ2) is 14.3. The number of rotatable bonds is 12. The van der Waals surface area contributed by atoms with Crippen LogP contribution in [0, 0.1) is 0 Å². The molecule has 0 atom stereocenters. The minimum Gasteiger partial charge on any atom is -0.497 e. The van der Waals surface area contributed by atoms with E-state index in [0.29, 0.717) is 5.75 Å². The van der Waals surface area contributed by atoms with Gasteiger partial charge in [0.25, 0.3) is 0 Å². The van der Waals surface area contributed by atoms with E-state index in [2.05, 4.69) is 28.0 Å². The van der Waals surface area contributed by atoms with Crippen LogP contribution in [0.1, 0.15) is 0 Å². The van der Waals surface area contributed by atoms with Crippen molar-refractivity contribution >= 4 is 34.1 Å². The molecule has 0 heterocycles. The molecule has 0 unspecified atom stereocenters. The molecule has 47 heavy (non-hydrogen) atoms. The Hall–Kier alpha value is -6.08. The fourth-order valence-electron chi connectivity index (χ4n) is 5.31. The third-order valence-corrected chi connectivity index (χ3v) is 7.73. The van der Waals surface area contributed by atoms with Crippen LogP contribution in [-0.2, 0) is 0 Å². The van der Waals surface area contributed by atoms with Gasteiger partial charge in [0.2, 0.25) is 0 Å². The van der Waals surface area contributed by atoms with Gasteiger partial charge in [0.1, 0.15) is 34.5 Å². The van der Waals surface area contributed by atoms with E-state index in [1.165, 1.54) is 0 Å². The first-order valence-electron chi connectivity index (χ1n) is 15.1. The lowest BCUT2D eigenvalue weighted by atomic mass is 10.1. The van der Waals surface area contributed by atoms with Crippen molar-refractivity contribution in [1.29, 1.82) is 0 Å². The van der Waals surface area contributed by atoms with Crippen molar-refractivity contribution in [2.24, 2.45) is 0 Å². The summed E-state index contributed by atoms with van der Waals surface area (Å²) < 4.78 is 28.0. The Balaban J connectivity index is 1.29. The van der Waals surface area contributed by atoms with Gasteiger partial charge in [-0.15, -0.1) is 0 Å². The van der Waals surface area contributed by atoms with Gasteiger partial charge >= 0.3 is 0 Å². The number of nitrogens with zero attached hydrogens (tertiary/aromatic N) is 2. The van der Waals surface area contributed by atoms with E-state index >= 15 is 0 Å². The Morgan fingerprint density at radius 3 is 0.915 bits per heavy atom. The molecule has 7 heteroatoms. The number of hydrogen-bond donors (Lipinski definition) is 0. The summed E-state index contributed by atoms with van der Waals surface area (Å²) in [5.41, 5.74) is 5.87. The van der Waals surface area contributed by atoms with Gasteiger partial charge in [-0.2, -0.15) is 0 Å². The quantitative estimate of drug-likeness (QED) is 0.134. The van der Waals surface area contributed by atoms with Gasteiger partial charge in [0.05, 0.1) is 28.4 Å². The Morgan fingerprint density at radius 2 is 0.596 bits per heavy atom. The van der Waals surface area contributed by atoms with E-state index in [-0.39, 0.29) is 0 Å². The Morgan fingerprint density at radius 1 is 0.298 bits per heavy atom. The van der Waals surface area contributed by atoms with E-state index in [9.17, 15) is 0 Å². The molecule has 0 aliphatic carbocycles. The van der Waals surface area contributed by atoms with Gasteiger partial charge in [-0.3, -0.25) is 0 Å². The van der Waals surface area contributed by atoms with Crippen molar-refractivity contribution in [3.8, 4) is 34.5 Å². The molecule has 6 aromatic rings. The molecule has 0 saturated heterocycles. The molecule has 0 spiro atoms. The van der Waals surface area contributed by atoms with Crippen LogP contribution in [0.25, 0.3) is 0 Å². The highest BCUT2D eigenvalue weighted by Gasteiger charge is 2.16. The van der Waals surface area contributed by atoms with Gasteiger partial charge < -0.3 is 33.5 Å². The molecule has 0 amide bonds. The van der Waals surface area contributed by atoms with Crippen LogP contribution in [0.3, 0.4) is 0 Å². The molecule has 0 bridgehead atoms. The predicted octanol–water partition coefficient (Wildman–Crippen LogP) is 10.5. The van der Waals surface area contributed by atoms with E-state index in [0.717, 1.165) is 62.9 Å². The van der Waals surface area contributed by atoms with Crippen LogP contribution in [0.15, 0.2) is 146 Å². The molecule has 6 rings (SSSR count). The number of hydrogen-bond acceptors (Lipinski definition) is 7. The minimum absolute atomic E-state index is 0.712. The monoisotopic (exact) mass is 624 g/mol. The molecule has 0 radical (unpaired) electrons. The van der Waals surface area contributed by atoms with E-state index in [1.54, 1.807) is 28.4 Å². The van der Waals surface area contributed by atoms with Crippen molar-refractivity contribution in [2.75, 3.05) is 38.2 Å². The minimum atomic E-state index is 0.712. The first-order valence-corrected chi connectivity index (χ1v) is 15.1. The molecule has 0 aliphatic heterocycles. The molecule has 0 fully saturated rings. The Labute approximate surface area is 275 Å². The lowest BCUT2D eigenvalue weighted by Crippen LogP contribution is -2.10. The maximum absolute atomic E-state index is 6.40. The summed E-state index contributed by atoms with van der Waals surface area (Å²) in [6, 6.07) is 48.0. The van der Waals surface area contributed by atoms with Gasteiger partial charge in [-0.05, 0) is 133 Å². The third kappa shape index (κ3) is 7.10. The van der Waals surface area contributed by atoms with Crippen molar-refractivity contribution in [3.05, 3.63) is 146 Å². The topological polar surface area (TPSA) is 52.6 Å². The highest BCUT2D eigenvalue weighted by atomic mass is 16.5. The van der Waals surface area contributed by atoms with Gasteiger partial charge in [-0.25, -0.2) is 0 Å². The Kier molecular flexibility index (Phi) is 9.44. The van der Waals surface area contributed by atoms with E-state index < -0.39 is 0 Å². The molecule has 0 N–H and O–H groups in total. The number of anilines is 6. The predicted molar refractivity (Wildman–Crippen MR) is 189 cm³/mol. The summed E-state index contributed by atoms with van der Waals surface area (Å²) in [7, 11) is 6.67. The second-order valence-corrected chi connectivity index (χ2v) is 10.6. The van der Waals surface area contributed by atoms with Crippen LogP contribution >= 0.6 is 0 Å². The smallest absolute Gasteiger partial charge is 0.129 e. The van der Waals surface area contributed by atoms with Crippen molar-refractivity contribution in [3.63, 3.8) is 0 Å². The summed E-state index contributed by atoms with van der Waals surface area (Å²) in [6.07, 6.45) is 0. The normalized spacial score (nSPS) is 10.6. The van der Waals surface area contributed by atoms with E-state index in [4.69, 9.17) is 23.7 Å². The van der Waals surface area contributed by atoms with Crippen LogP contribution in [-0.4, -0.2) is 28.4 Å². The number of ether oxygens (including phenoxy) is 5. The van der Waals surface area contributed by atoms with Crippen molar-refractivity contribution in [1.82, 2.24) is 0 Å². The maximum atomic E-state index is 6.40. The lowest BCUT2D eigenvalue weighted by Gasteiger charge is -2.26. The van der Waals surface area contributed by atoms with Gasteiger partial charge in [-0.1, -0.05) is 6.07 Å². The summed E-state index contributed by atoms with van der Waals surface area (Å²) in [4.78, 5) is 4.33. The number of benzene rings is 6. The summed E-state index contributed by atoms with van der Waals surface area (Å²) >= 11 is 0. The molecular weight excluding hydrogens is 588 g/mol. The zero-order chi connectivity index (χ0) is 32.6. The summed E-state index contributed by atoms with van der Waals surface area (Å²) in [5, 5.41) is 0. The van der Waals surface area contributed by atoms with Gasteiger partial charge in [0, 0.05) is 40.2 Å². The van der Waals surface area contributed by atoms with Crippen LogP contribution in [0.4, 0.5) is 34.1 Å². The van der Waals surface area contributed by atoms with Crippen LogP contribution in [0.2, 0.25) is 0 Å². The molecule has 0 aromatic heterocycles. The molecule has 6 aromatic carbocycles. The molecular formula is C40H36N2O5. The van der Waals surface area contributed by atoms with Gasteiger partial charge in [0.15, 0.2) is 0 Å². The Bertz CT molecular complexity index is 1780. The molecule has 0 aliphatic rings. The first-order chi connectivity index (χ1) is 23.1. The zero-order valence-corrected chi connectivity index (χ0v) is 26.8. The molecule has 7 nitrogen and oxygen atoms in total. The third-order valence-electron chi connectivity index (χ3n) is 7.73. The first kappa shape index (κ1) is 30.9. The maximum Gasteiger partial charge on any atom is 0.129 e. The van der Waals surface area contributed by atoms with Crippen molar-refractivity contribution in [2.45, 2.75) is 0 Å². The highest BCUT2D eigenvalue weighted by molar-refractivity contribution is 5.79. The van der Waals surface area contributed by atoms with Crippen LogP contribution in [0.5, 0.6) is 34.5 Å². The van der Waals surface area contributed by atoms with Crippen LogP contribution < -0.4 is 33.5 Å². The largest absolute Gasteiger partial charge is 0.497 e. The highest BCUT2D eigenvalue weighted by Crippen LogP contribution is 2.40. The average molecular weight is 625 g/mol. The fourth-order valence-corrected chi connectivity index (χ4v) is 5.31. The SMILES string of the molecule is COc1ccc(N(c2ccc(OC)cc2)c2ccc(Oc3cccc(N(c4ccc(OC)cc4)c4ccc(OC)cc4)c3)cc2)cc1. The lowest BCUT2D eigenvalue weighted by molar-refractivity contribution is 0.414. The average Bonchev–Trinajstić information content (AvgIpc) is 3.14. The zero-order valence-electron chi connectivity index (χ0n) is 26.8. The number of methoxy groups -OCH3 is 4. The fraction of sp³-hybridized carbons (Fsp3) is 0.100. The summed E-state index contributed by atoms with van der Waals surface area (Å²) in [5.74, 6) is 4.61. The van der Waals surface area contributed by atoms with E-state index in [1.807, 2.05) is 127 Å². The molecule has 236 valence electrons. The molecule has 0 saturated carbocycles. The second-order valence-electron chi connectivity index (χ2n) is 10.6. The standard InChI is InChI=1S/C40H36N2O5/c1-43-35-18-8-29(9-19-35)41(30-10-20-36(44-2)21-11-30)31-16-26-39(27-17-31)47-40-7-5-6-34(28-40)42(32-12-22-37(45-3)23-13-32)33-14-24-38(46-4)25-15-33/h5-28H,1-4H3. The summed E-state index contributed by atoms with van der Waals surface area (Å²) in [6.45, 7) is 0. The van der Waals surface area contributed by atoms with Crippen molar-refractivity contribution < 1.29 is 23.7 Å².